The fraction of sp³-hybridized carbons (Fsp3) is 0.562. The Morgan fingerprint density at radius 2 is 1.90 bits per heavy atom. The Hall–Kier alpha value is -1.00. The predicted molar refractivity (Wildman–Crippen MR) is 88.1 cm³/mol. The van der Waals surface area contributed by atoms with Crippen LogP contribution in [-0.4, -0.2) is 18.7 Å². The molecule has 1 aromatic carbocycles. The molecular weight excluding hydrogens is 268 g/mol. The van der Waals surface area contributed by atoms with Crippen LogP contribution in [0.4, 0.5) is 5.69 Å². The van der Waals surface area contributed by atoms with Crippen molar-refractivity contribution in [2.24, 2.45) is 17.6 Å². The molecule has 0 radical (unpaired) electrons. The van der Waals surface area contributed by atoms with Gasteiger partial charge in [0.25, 0.3) is 0 Å². The van der Waals surface area contributed by atoms with Crippen LogP contribution in [0, 0.1) is 11.8 Å². The zero-order valence-electron chi connectivity index (χ0n) is 12.7. The van der Waals surface area contributed by atoms with E-state index in [-0.39, 0.29) is 5.91 Å². The van der Waals surface area contributed by atoms with Crippen LogP contribution in [0.3, 0.4) is 0 Å². The topological polar surface area (TPSA) is 55.1 Å². The van der Waals surface area contributed by atoms with Gasteiger partial charge in [0.2, 0.25) is 5.91 Å². The highest BCUT2D eigenvalue weighted by atomic mass is 32.2. The number of anilines is 1. The lowest BCUT2D eigenvalue weighted by molar-refractivity contribution is -0.116. The number of hydrogen-bond donors (Lipinski definition) is 2. The highest BCUT2D eigenvalue weighted by Crippen LogP contribution is 2.21. The summed E-state index contributed by atoms with van der Waals surface area (Å²) in [6.45, 7) is 5.08. The Morgan fingerprint density at radius 1 is 1.25 bits per heavy atom. The molecule has 0 heterocycles. The van der Waals surface area contributed by atoms with Crippen LogP contribution in [0.1, 0.15) is 33.1 Å². The van der Waals surface area contributed by atoms with Crippen molar-refractivity contribution in [2.75, 3.05) is 18.1 Å². The standard InChI is InChI=1S/C16H26N2OS/c1-12(2)13(10-11-17)4-9-16(19)18-14-5-7-15(20-3)8-6-14/h5-8,12-13H,4,9-11,17H2,1-3H3,(H,18,19). The fourth-order valence-corrected chi connectivity index (χ4v) is 2.65. The molecule has 0 spiro atoms. The third-order valence-electron chi connectivity index (χ3n) is 3.60. The molecule has 0 bridgehead atoms. The quantitative estimate of drug-likeness (QED) is 0.718. The van der Waals surface area contributed by atoms with E-state index >= 15 is 0 Å². The van der Waals surface area contributed by atoms with Gasteiger partial charge in [-0.15, -0.1) is 11.8 Å². The maximum Gasteiger partial charge on any atom is 0.224 e. The van der Waals surface area contributed by atoms with Crippen LogP contribution in [0.2, 0.25) is 0 Å². The Kier molecular flexibility index (Phi) is 7.70. The van der Waals surface area contributed by atoms with Gasteiger partial charge in [-0.05, 0) is 61.7 Å². The molecule has 1 aromatic rings. The SMILES string of the molecule is CSc1ccc(NC(=O)CCC(CCN)C(C)C)cc1. The average Bonchev–Trinajstić information content (AvgIpc) is 2.44. The summed E-state index contributed by atoms with van der Waals surface area (Å²) in [6.07, 6.45) is 4.50. The third-order valence-corrected chi connectivity index (χ3v) is 4.34. The zero-order valence-corrected chi connectivity index (χ0v) is 13.5. The van der Waals surface area contributed by atoms with Crippen molar-refractivity contribution in [3.05, 3.63) is 24.3 Å². The third kappa shape index (κ3) is 5.97. The summed E-state index contributed by atoms with van der Waals surface area (Å²) in [7, 11) is 0. The first-order valence-electron chi connectivity index (χ1n) is 7.20. The zero-order chi connectivity index (χ0) is 15.0. The molecule has 1 unspecified atom stereocenters. The molecule has 0 saturated heterocycles. The Balaban J connectivity index is 2.42. The summed E-state index contributed by atoms with van der Waals surface area (Å²) in [5.41, 5.74) is 6.49. The lowest BCUT2D eigenvalue weighted by Gasteiger charge is -2.19. The van der Waals surface area contributed by atoms with Crippen molar-refractivity contribution in [3.63, 3.8) is 0 Å². The van der Waals surface area contributed by atoms with Crippen LogP contribution in [-0.2, 0) is 4.79 Å². The van der Waals surface area contributed by atoms with E-state index in [0.29, 0.717) is 24.8 Å². The Labute approximate surface area is 126 Å². The molecule has 0 fully saturated rings. The largest absolute Gasteiger partial charge is 0.330 e. The van der Waals surface area contributed by atoms with E-state index < -0.39 is 0 Å². The average molecular weight is 294 g/mol. The summed E-state index contributed by atoms with van der Waals surface area (Å²) < 4.78 is 0. The van der Waals surface area contributed by atoms with E-state index in [1.54, 1.807) is 11.8 Å². The van der Waals surface area contributed by atoms with Gasteiger partial charge in [-0.2, -0.15) is 0 Å². The van der Waals surface area contributed by atoms with Crippen LogP contribution >= 0.6 is 11.8 Å². The van der Waals surface area contributed by atoms with Crippen molar-refractivity contribution in [1.82, 2.24) is 0 Å². The number of benzene rings is 1. The van der Waals surface area contributed by atoms with Gasteiger partial charge in [0.05, 0.1) is 0 Å². The molecule has 0 saturated carbocycles. The van der Waals surface area contributed by atoms with E-state index in [2.05, 4.69) is 19.2 Å². The van der Waals surface area contributed by atoms with E-state index in [0.717, 1.165) is 18.5 Å². The second-order valence-corrected chi connectivity index (χ2v) is 6.28. The van der Waals surface area contributed by atoms with Crippen molar-refractivity contribution in [1.29, 1.82) is 0 Å². The van der Waals surface area contributed by atoms with Gasteiger partial charge in [-0.25, -0.2) is 0 Å². The van der Waals surface area contributed by atoms with Crippen LogP contribution in [0.15, 0.2) is 29.2 Å². The number of hydrogen-bond acceptors (Lipinski definition) is 3. The maximum absolute atomic E-state index is 12.0. The van der Waals surface area contributed by atoms with Gasteiger partial charge in [0.15, 0.2) is 0 Å². The molecule has 1 atom stereocenters. The lowest BCUT2D eigenvalue weighted by Crippen LogP contribution is -2.18. The molecule has 0 aliphatic carbocycles. The smallest absolute Gasteiger partial charge is 0.224 e. The van der Waals surface area contributed by atoms with Crippen molar-refractivity contribution >= 4 is 23.4 Å². The van der Waals surface area contributed by atoms with Crippen LogP contribution in [0.25, 0.3) is 0 Å². The minimum atomic E-state index is 0.0876. The molecular formula is C16H26N2OS. The van der Waals surface area contributed by atoms with E-state index in [1.165, 1.54) is 4.90 Å². The second-order valence-electron chi connectivity index (χ2n) is 5.40. The summed E-state index contributed by atoms with van der Waals surface area (Å²) in [4.78, 5) is 13.2. The normalized spacial score (nSPS) is 12.4. The Bertz CT molecular complexity index is 403. The van der Waals surface area contributed by atoms with Crippen molar-refractivity contribution in [3.8, 4) is 0 Å². The molecule has 20 heavy (non-hydrogen) atoms. The van der Waals surface area contributed by atoms with Gasteiger partial charge in [-0.1, -0.05) is 13.8 Å². The molecule has 0 aliphatic heterocycles. The van der Waals surface area contributed by atoms with E-state index in [4.69, 9.17) is 5.73 Å². The maximum atomic E-state index is 12.0. The molecule has 3 N–H and O–H groups in total. The number of rotatable bonds is 8. The Morgan fingerprint density at radius 3 is 2.40 bits per heavy atom. The van der Waals surface area contributed by atoms with Gasteiger partial charge in [0.1, 0.15) is 0 Å². The van der Waals surface area contributed by atoms with Crippen molar-refractivity contribution < 1.29 is 4.79 Å². The first-order valence-corrected chi connectivity index (χ1v) is 8.43. The number of amides is 1. The van der Waals surface area contributed by atoms with Gasteiger partial charge in [-0.3, -0.25) is 4.79 Å². The van der Waals surface area contributed by atoms with Crippen LogP contribution < -0.4 is 11.1 Å². The first-order chi connectivity index (χ1) is 9.56. The minimum absolute atomic E-state index is 0.0876. The number of nitrogens with two attached hydrogens (primary N) is 1. The lowest BCUT2D eigenvalue weighted by atomic mass is 9.88. The van der Waals surface area contributed by atoms with Crippen LogP contribution in [0.5, 0.6) is 0 Å². The van der Waals surface area contributed by atoms with Gasteiger partial charge in [0, 0.05) is 17.0 Å². The number of nitrogens with one attached hydrogen (secondary N) is 1. The predicted octanol–water partition coefficient (Wildman–Crippen LogP) is 3.75. The van der Waals surface area contributed by atoms with Crippen molar-refractivity contribution in [2.45, 2.75) is 38.0 Å². The summed E-state index contributed by atoms with van der Waals surface area (Å²) in [5, 5.41) is 2.95. The molecule has 0 aliphatic rings. The molecule has 112 valence electrons. The highest BCUT2D eigenvalue weighted by molar-refractivity contribution is 7.98. The number of carbonyl (C=O) groups is 1. The molecule has 4 heteroatoms. The second kappa shape index (κ2) is 9.03. The minimum Gasteiger partial charge on any atom is -0.330 e. The number of thioether (sulfide) groups is 1. The summed E-state index contributed by atoms with van der Waals surface area (Å²) >= 11 is 1.69. The first kappa shape index (κ1) is 17.1. The van der Waals surface area contributed by atoms with Gasteiger partial charge >= 0.3 is 0 Å². The highest BCUT2D eigenvalue weighted by Gasteiger charge is 2.14. The summed E-state index contributed by atoms with van der Waals surface area (Å²) in [6, 6.07) is 7.93. The fourth-order valence-electron chi connectivity index (χ4n) is 2.24. The monoisotopic (exact) mass is 294 g/mol. The molecule has 0 aromatic heterocycles. The summed E-state index contributed by atoms with van der Waals surface area (Å²) in [5.74, 6) is 1.20. The van der Waals surface area contributed by atoms with E-state index in [9.17, 15) is 4.79 Å². The van der Waals surface area contributed by atoms with Gasteiger partial charge < -0.3 is 11.1 Å². The number of carbonyl (C=O) groups excluding carboxylic acids is 1. The molecule has 1 amide bonds. The van der Waals surface area contributed by atoms with E-state index in [1.807, 2.05) is 30.5 Å². The molecule has 1 rings (SSSR count). The molecule has 3 nitrogen and oxygen atoms in total.